The lowest BCUT2D eigenvalue weighted by Gasteiger charge is -2.15. The van der Waals surface area contributed by atoms with E-state index in [4.69, 9.17) is 26.2 Å². The number of hydrogen-bond donors (Lipinski definition) is 1. The third-order valence-corrected chi connectivity index (χ3v) is 4.52. The van der Waals surface area contributed by atoms with Gasteiger partial charge in [0, 0.05) is 28.6 Å². The molecule has 1 aromatic heterocycles. The Hall–Kier alpha value is -3.51. The van der Waals surface area contributed by atoms with Gasteiger partial charge in [0.15, 0.2) is 17.3 Å². The molecular weight excluding hydrogens is 394 g/mol. The zero-order valence-electron chi connectivity index (χ0n) is 15.8. The second-order valence-electron chi connectivity index (χ2n) is 6.01. The van der Waals surface area contributed by atoms with Crippen LogP contribution in [0.15, 0.2) is 60.8 Å². The second kappa shape index (κ2) is 8.67. The third kappa shape index (κ3) is 4.17. The number of nitrogens with zero attached hydrogens (tertiary/aromatic N) is 1. The Kier molecular flexibility index (Phi) is 6.04. The largest absolute Gasteiger partial charge is 0.493 e. The van der Waals surface area contributed by atoms with Gasteiger partial charge in [-0.05, 0) is 48.5 Å². The summed E-state index contributed by atoms with van der Waals surface area (Å²) in [7, 11) is 2.96. The van der Waals surface area contributed by atoms with E-state index in [9.17, 15) is 9.59 Å². The first kappa shape index (κ1) is 20.2. The Morgan fingerprint density at radius 3 is 2.52 bits per heavy atom. The van der Waals surface area contributed by atoms with Gasteiger partial charge in [0.1, 0.15) is 0 Å². The number of ketones is 1. The maximum absolute atomic E-state index is 13.4. The molecule has 0 atom stereocenters. The molecule has 3 aromatic rings. The number of carbonyl (C=O) groups excluding carboxylic acids is 1. The van der Waals surface area contributed by atoms with Crippen molar-refractivity contribution in [3.63, 3.8) is 0 Å². The summed E-state index contributed by atoms with van der Waals surface area (Å²) in [4.78, 5) is 24.3. The Morgan fingerprint density at radius 2 is 1.83 bits per heavy atom. The van der Waals surface area contributed by atoms with E-state index in [0.29, 0.717) is 39.0 Å². The van der Waals surface area contributed by atoms with Crippen molar-refractivity contribution in [1.29, 1.82) is 0 Å². The molecule has 3 rings (SSSR count). The highest BCUT2D eigenvalue weighted by molar-refractivity contribution is 6.31. The predicted molar refractivity (Wildman–Crippen MR) is 110 cm³/mol. The summed E-state index contributed by atoms with van der Waals surface area (Å²) in [6.45, 7) is 0. The molecule has 148 valence electrons. The van der Waals surface area contributed by atoms with Crippen LogP contribution in [0.3, 0.4) is 0 Å². The fourth-order valence-electron chi connectivity index (χ4n) is 3.02. The monoisotopic (exact) mass is 411 g/mol. The number of hydrogen-bond acceptors (Lipinski definition) is 4. The summed E-state index contributed by atoms with van der Waals surface area (Å²) in [5.41, 5.74) is 1.82. The molecule has 7 heteroatoms. The highest BCUT2D eigenvalue weighted by Crippen LogP contribution is 2.34. The molecule has 0 saturated heterocycles. The van der Waals surface area contributed by atoms with Gasteiger partial charge in [0.25, 0.3) is 0 Å². The highest BCUT2D eigenvalue weighted by Gasteiger charge is 2.22. The summed E-state index contributed by atoms with van der Waals surface area (Å²) < 4.78 is 12.4. The SMILES string of the molecule is COc1cccc(C(=O)c2cc(Cl)ccc2-n2cccc2C=CC(=O)O)c1OC. The standard InChI is InChI=1S/C22H18ClNO5/c1-28-19-7-3-6-16(22(19)29-2)21(27)17-13-14(23)8-10-18(17)24-12-4-5-15(24)9-11-20(25)26/h3-13H,1-2H3,(H,25,26). The topological polar surface area (TPSA) is 77.8 Å². The van der Waals surface area contributed by atoms with Gasteiger partial charge >= 0.3 is 5.97 Å². The van der Waals surface area contributed by atoms with Gasteiger partial charge in [-0.2, -0.15) is 0 Å². The van der Waals surface area contributed by atoms with Crippen molar-refractivity contribution in [3.8, 4) is 17.2 Å². The number of aromatic nitrogens is 1. The Labute approximate surface area is 172 Å². The number of carbonyl (C=O) groups is 2. The van der Waals surface area contributed by atoms with E-state index in [0.717, 1.165) is 6.08 Å². The van der Waals surface area contributed by atoms with Gasteiger partial charge in [-0.1, -0.05) is 17.7 Å². The van der Waals surface area contributed by atoms with Gasteiger partial charge < -0.3 is 19.1 Å². The van der Waals surface area contributed by atoms with Crippen LogP contribution in [-0.2, 0) is 4.79 Å². The molecule has 1 N–H and O–H groups in total. The summed E-state index contributed by atoms with van der Waals surface area (Å²) in [6.07, 6.45) is 4.23. The lowest BCUT2D eigenvalue weighted by Crippen LogP contribution is -2.10. The molecule has 0 amide bonds. The molecule has 0 aliphatic rings. The number of halogens is 1. The third-order valence-electron chi connectivity index (χ3n) is 4.29. The smallest absolute Gasteiger partial charge is 0.328 e. The minimum Gasteiger partial charge on any atom is -0.493 e. The molecule has 29 heavy (non-hydrogen) atoms. The molecule has 0 saturated carbocycles. The first-order valence-electron chi connectivity index (χ1n) is 8.60. The van der Waals surface area contributed by atoms with Gasteiger partial charge in [0.2, 0.25) is 0 Å². The maximum atomic E-state index is 13.4. The fraction of sp³-hybridized carbons (Fsp3) is 0.0909. The number of carboxylic acid groups (broad SMARTS) is 1. The van der Waals surface area contributed by atoms with Crippen molar-refractivity contribution in [2.45, 2.75) is 0 Å². The van der Waals surface area contributed by atoms with Gasteiger partial charge in [0.05, 0.1) is 25.5 Å². The van der Waals surface area contributed by atoms with Crippen LogP contribution in [0.5, 0.6) is 11.5 Å². The van der Waals surface area contributed by atoms with Crippen LogP contribution in [0.2, 0.25) is 5.02 Å². The molecule has 6 nitrogen and oxygen atoms in total. The van der Waals surface area contributed by atoms with Crippen molar-refractivity contribution < 1.29 is 24.2 Å². The predicted octanol–water partition coefficient (Wildman–Crippen LogP) is 4.48. The van der Waals surface area contributed by atoms with Crippen molar-refractivity contribution in [1.82, 2.24) is 4.57 Å². The second-order valence-corrected chi connectivity index (χ2v) is 6.44. The minimum absolute atomic E-state index is 0.305. The van der Waals surface area contributed by atoms with E-state index >= 15 is 0 Å². The molecule has 0 unspecified atom stereocenters. The normalized spacial score (nSPS) is 10.9. The van der Waals surface area contributed by atoms with Gasteiger partial charge in [-0.25, -0.2) is 4.79 Å². The Balaban J connectivity index is 2.16. The quantitative estimate of drug-likeness (QED) is 0.458. The van der Waals surface area contributed by atoms with Crippen LogP contribution in [0, 0.1) is 0 Å². The molecule has 0 aliphatic carbocycles. The highest BCUT2D eigenvalue weighted by atomic mass is 35.5. The molecule has 0 fully saturated rings. The summed E-state index contributed by atoms with van der Waals surface area (Å²) in [5, 5.41) is 9.31. The van der Waals surface area contributed by atoms with Crippen LogP contribution < -0.4 is 9.47 Å². The van der Waals surface area contributed by atoms with E-state index in [1.165, 1.54) is 20.3 Å². The first-order valence-corrected chi connectivity index (χ1v) is 8.98. The van der Waals surface area contributed by atoms with Crippen molar-refractivity contribution in [2.75, 3.05) is 14.2 Å². The minimum atomic E-state index is -1.06. The molecule has 0 bridgehead atoms. The number of para-hydroxylation sites is 1. The first-order chi connectivity index (χ1) is 14.0. The van der Waals surface area contributed by atoms with Crippen LogP contribution in [0.4, 0.5) is 0 Å². The van der Waals surface area contributed by atoms with Gasteiger partial charge in [-0.15, -0.1) is 0 Å². The number of aliphatic carboxylic acids is 1. The van der Waals surface area contributed by atoms with E-state index in [-0.39, 0.29) is 5.78 Å². The maximum Gasteiger partial charge on any atom is 0.328 e. The zero-order chi connectivity index (χ0) is 21.0. The van der Waals surface area contributed by atoms with Crippen LogP contribution >= 0.6 is 11.6 Å². The van der Waals surface area contributed by atoms with Crippen LogP contribution in [-0.4, -0.2) is 35.6 Å². The number of ether oxygens (including phenoxy) is 2. The number of carboxylic acids is 1. The number of benzene rings is 2. The summed E-state index contributed by atoms with van der Waals surface area (Å²) in [5.74, 6) is -0.608. The molecule has 2 aromatic carbocycles. The van der Waals surface area contributed by atoms with Gasteiger partial charge in [-0.3, -0.25) is 4.79 Å². The van der Waals surface area contributed by atoms with E-state index in [1.54, 1.807) is 59.3 Å². The zero-order valence-corrected chi connectivity index (χ0v) is 16.5. The van der Waals surface area contributed by atoms with E-state index < -0.39 is 5.97 Å². The molecule has 1 heterocycles. The van der Waals surface area contributed by atoms with Crippen molar-refractivity contribution in [2.24, 2.45) is 0 Å². The average Bonchev–Trinajstić information content (AvgIpc) is 3.19. The van der Waals surface area contributed by atoms with E-state index in [1.807, 2.05) is 0 Å². The molecular formula is C22H18ClNO5. The fourth-order valence-corrected chi connectivity index (χ4v) is 3.19. The molecule has 0 radical (unpaired) electrons. The van der Waals surface area contributed by atoms with Crippen molar-refractivity contribution >= 4 is 29.4 Å². The molecule has 0 aliphatic heterocycles. The van der Waals surface area contributed by atoms with Crippen molar-refractivity contribution in [3.05, 3.63) is 82.6 Å². The lowest BCUT2D eigenvalue weighted by atomic mass is 10.00. The van der Waals surface area contributed by atoms with E-state index in [2.05, 4.69) is 0 Å². The summed E-state index contributed by atoms with van der Waals surface area (Å²) >= 11 is 6.18. The lowest BCUT2D eigenvalue weighted by molar-refractivity contribution is -0.131. The average molecular weight is 412 g/mol. The number of rotatable bonds is 7. The Bertz CT molecular complexity index is 1100. The molecule has 0 spiro atoms. The number of methoxy groups -OCH3 is 2. The summed E-state index contributed by atoms with van der Waals surface area (Å²) in [6, 6.07) is 13.5. The van der Waals surface area contributed by atoms with Crippen LogP contribution in [0.25, 0.3) is 11.8 Å². The Morgan fingerprint density at radius 1 is 1.03 bits per heavy atom. The van der Waals surface area contributed by atoms with Crippen LogP contribution in [0.1, 0.15) is 21.6 Å².